The van der Waals surface area contributed by atoms with Crippen LogP contribution in [0.4, 0.5) is 4.39 Å². The first-order valence-electron chi connectivity index (χ1n) is 11.0. The monoisotopic (exact) mass is 434 g/mol. The molecule has 0 bridgehead atoms. The third-order valence-corrected chi connectivity index (χ3v) is 9.05. The third-order valence-electron chi connectivity index (χ3n) is 9.05. The summed E-state index contributed by atoms with van der Waals surface area (Å²) < 4.78 is 21.9. The second kappa shape index (κ2) is 6.82. The number of aliphatic hydroxyl groups is 2. The van der Waals surface area contributed by atoms with Crippen molar-refractivity contribution < 1.29 is 33.7 Å². The molecule has 4 aliphatic carbocycles. The maximum absolute atomic E-state index is 17.0. The van der Waals surface area contributed by atoms with Crippen LogP contribution in [-0.4, -0.2) is 51.7 Å². The molecule has 0 spiro atoms. The first kappa shape index (κ1) is 22.3. The minimum Gasteiger partial charge on any atom is -0.458 e. The number of carbonyl (C=O) groups is 3. The zero-order chi connectivity index (χ0) is 23.0. The van der Waals surface area contributed by atoms with Gasteiger partial charge >= 0.3 is 5.97 Å². The SMILES string of the molecule is CC(=O)OCC(=O)[C@@]1(O)[C@H](C)C[C@H]2[C@@H]3CCC4=CC(=O)C=C[C@]4(C)C3(F)[C@@H](O)C[C@@]21C. The molecule has 0 radical (unpaired) electrons. The van der Waals surface area contributed by atoms with Gasteiger partial charge in [0.05, 0.1) is 6.10 Å². The van der Waals surface area contributed by atoms with Crippen LogP contribution in [0, 0.1) is 28.6 Å². The lowest BCUT2D eigenvalue weighted by Gasteiger charge is -2.62. The Balaban J connectivity index is 1.76. The van der Waals surface area contributed by atoms with Crippen molar-refractivity contribution in [3.05, 3.63) is 23.8 Å². The van der Waals surface area contributed by atoms with Crippen molar-refractivity contribution in [2.45, 2.75) is 70.8 Å². The summed E-state index contributed by atoms with van der Waals surface area (Å²) in [6.45, 7) is 5.89. The smallest absolute Gasteiger partial charge is 0.303 e. The van der Waals surface area contributed by atoms with E-state index < -0.39 is 58.4 Å². The van der Waals surface area contributed by atoms with E-state index in [1.165, 1.54) is 19.1 Å². The Morgan fingerprint density at radius 3 is 2.61 bits per heavy atom. The topological polar surface area (TPSA) is 101 Å². The highest BCUT2D eigenvalue weighted by Gasteiger charge is 2.75. The summed E-state index contributed by atoms with van der Waals surface area (Å²) >= 11 is 0. The number of ketones is 2. The van der Waals surface area contributed by atoms with Crippen LogP contribution in [0.1, 0.15) is 53.4 Å². The molecule has 0 heterocycles. The van der Waals surface area contributed by atoms with Crippen molar-refractivity contribution in [1.29, 1.82) is 0 Å². The van der Waals surface area contributed by atoms with Crippen molar-refractivity contribution in [2.75, 3.05) is 6.61 Å². The predicted octanol–water partition coefficient (Wildman–Crippen LogP) is 2.47. The molecule has 1 unspecified atom stereocenters. The average Bonchev–Trinajstić information content (AvgIpc) is 2.89. The summed E-state index contributed by atoms with van der Waals surface area (Å²) in [4.78, 5) is 36.2. The minimum absolute atomic E-state index is 0.0953. The van der Waals surface area contributed by atoms with Crippen molar-refractivity contribution in [2.24, 2.45) is 28.6 Å². The number of Topliss-reactive ketones (excluding diaryl/α,β-unsaturated/α-hetero) is 1. The molecule has 2 N–H and O–H groups in total. The highest BCUT2D eigenvalue weighted by molar-refractivity contribution is 6.01. The molecular weight excluding hydrogens is 403 g/mol. The molecule has 8 atom stereocenters. The van der Waals surface area contributed by atoms with Gasteiger partial charge in [-0.05, 0) is 56.6 Å². The Labute approximate surface area is 181 Å². The molecule has 4 aliphatic rings. The van der Waals surface area contributed by atoms with E-state index in [0.29, 0.717) is 24.8 Å². The van der Waals surface area contributed by atoms with Crippen LogP contribution in [0.25, 0.3) is 0 Å². The van der Waals surface area contributed by atoms with Crippen LogP contribution in [0.2, 0.25) is 0 Å². The second-order valence-corrected chi connectivity index (χ2v) is 10.4. The van der Waals surface area contributed by atoms with Crippen molar-refractivity contribution in [1.82, 2.24) is 0 Å². The van der Waals surface area contributed by atoms with Crippen LogP contribution in [0.15, 0.2) is 23.8 Å². The summed E-state index contributed by atoms with van der Waals surface area (Å²) in [5.41, 5.74) is -5.33. The lowest BCUT2D eigenvalue weighted by molar-refractivity contribution is -0.219. The Morgan fingerprint density at radius 2 is 1.97 bits per heavy atom. The summed E-state index contributed by atoms with van der Waals surface area (Å²) in [5, 5.41) is 22.9. The molecule has 0 amide bonds. The maximum atomic E-state index is 17.0. The van der Waals surface area contributed by atoms with Gasteiger partial charge in [-0.15, -0.1) is 0 Å². The fourth-order valence-electron chi connectivity index (χ4n) is 7.42. The van der Waals surface area contributed by atoms with E-state index in [2.05, 4.69) is 0 Å². The molecule has 7 heteroatoms. The summed E-state index contributed by atoms with van der Waals surface area (Å²) in [5.74, 6) is -2.80. The standard InChI is InChI=1S/C24H31FO6/c1-13-9-18-17-6-5-15-10-16(27)7-8-21(15,3)23(17,25)19(28)11-22(18,4)24(13,30)20(29)12-31-14(2)26/h7-8,10,13,17-19,28,30H,5-6,9,11-12H2,1-4H3/t13-,17+,18+,19+,21+,22+,23?,24+/m1/s1. The van der Waals surface area contributed by atoms with E-state index in [4.69, 9.17) is 4.74 Å². The number of halogens is 1. The number of carbonyl (C=O) groups excluding carboxylic acids is 3. The molecule has 0 aromatic rings. The molecular formula is C24H31FO6. The summed E-state index contributed by atoms with van der Waals surface area (Å²) in [7, 11) is 0. The van der Waals surface area contributed by atoms with Crippen molar-refractivity contribution >= 4 is 17.5 Å². The van der Waals surface area contributed by atoms with Crippen molar-refractivity contribution in [3.63, 3.8) is 0 Å². The largest absolute Gasteiger partial charge is 0.458 e. The van der Waals surface area contributed by atoms with Gasteiger partial charge < -0.3 is 14.9 Å². The highest BCUT2D eigenvalue weighted by Crippen LogP contribution is 2.70. The Hall–Kier alpha value is -1.86. The number of aliphatic hydroxyl groups excluding tert-OH is 1. The zero-order valence-electron chi connectivity index (χ0n) is 18.5. The van der Waals surface area contributed by atoms with Gasteiger partial charge in [-0.3, -0.25) is 14.4 Å². The number of hydrogen-bond acceptors (Lipinski definition) is 6. The van der Waals surface area contributed by atoms with Gasteiger partial charge in [-0.1, -0.05) is 25.5 Å². The van der Waals surface area contributed by atoms with Gasteiger partial charge in [0.15, 0.2) is 18.1 Å². The number of alkyl halides is 1. The number of hydrogen-bond donors (Lipinski definition) is 2. The van der Waals surface area contributed by atoms with Gasteiger partial charge in [-0.25, -0.2) is 4.39 Å². The number of fused-ring (bicyclic) bond motifs is 5. The van der Waals surface area contributed by atoms with Crippen LogP contribution >= 0.6 is 0 Å². The number of esters is 1. The van der Waals surface area contributed by atoms with Gasteiger partial charge in [0.2, 0.25) is 5.78 Å². The average molecular weight is 435 g/mol. The molecule has 0 aliphatic heterocycles. The van der Waals surface area contributed by atoms with Crippen LogP contribution in [0.5, 0.6) is 0 Å². The molecule has 3 saturated carbocycles. The van der Waals surface area contributed by atoms with Gasteiger partial charge in [0.25, 0.3) is 0 Å². The second-order valence-electron chi connectivity index (χ2n) is 10.4. The van der Waals surface area contributed by atoms with E-state index in [0.717, 1.165) is 0 Å². The number of ether oxygens (including phenoxy) is 1. The normalized spacial score (nSPS) is 48.4. The quantitative estimate of drug-likeness (QED) is 0.662. The van der Waals surface area contributed by atoms with Gasteiger partial charge in [0, 0.05) is 23.7 Å². The number of rotatable bonds is 3. The van der Waals surface area contributed by atoms with Crippen LogP contribution < -0.4 is 0 Å². The van der Waals surface area contributed by atoms with E-state index in [1.807, 2.05) is 0 Å². The molecule has 0 aromatic heterocycles. The minimum atomic E-state index is -2.01. The van der Waals surface area contributed by atoms with Gasteiger partial charge in [0.1, 0.15) is 5.60 Å². The van der Waals surface area contributed by atoms with E-state index in [1.54, 1.807) is 26.8 Å². The molecule has 6 nitrogen and oxygen atoms in total. The van der Waals surface area contributed by atoms with Gasteiger partial charge in [-0.2, -0.15) is 0 Å². The molecule has 170 valence electrons. The van der Waals surface area contributed by atoms with Crippen LogP contribution in [-0.2, 0) is 19.1 Å². The molecule has 3 fully saturated rings. The molecule has 0 aromatic carbocycles. The predicted molar refractivity (Wildman–Crippen MR) is 109 cm³/mol. The van der Waals surface area contributed by atoms with E-state index in [9.17, 15) is 24.6 Å². The first-order valence-corrected chi connectivity index (χ1v) is 11.0. The first-order chi connectivity index (χ1) is 14.3. The lowest BCUT2D eigenvalue weighted by atomic mass is 9.44. The summed E-state index contributed by atoms with van der Waals surface area (Å²) in [6, 6.07) is 0. The fourth-order valence-corrected chi connectivity index (χ4v) is 7.42. The molecule has 4 rings (SSSR count). The number of allylic oxidation sites excluding steroid dienone is 4. The Morgan fingerprint density at radius 1 is 1.29 bits per heavy atom. The molecule has 0 saturated heterocycles. The summed E-state index contributed by atoms with van der Waals surface area (Å²) in [6.07, 6.45) is 4.29. The Kier molecular flexibility index (Phi) is 4.91. The Bertz CT molecular complexity index is 910. The lowest BCUT2D eigenvalue weighted by Crippen LogP contribution is -2.69. The third kappa shape index (κ3) is 2.65. The van der Waals surface area contributed by atoms with Crippen LogP contribution in [0.3, 0.4) is 0 Å². The van der Waals surface area contributed by atoms with Crippen molar-refractivity contribution in [3.8, 4) is 0 Å². The molecule has 31 heavy (non-hydrogen) atoms. The van der Waals surface area contributed by atoms with E-state index in [-0.39, 0.29) is 18.1 Å². The fraction of sp³-hybridized carbons (Fsp3) is 0.708. The maximum Gasteiger partial charge on any atom is 0.303 e. The zero-order valence-corrected chi connectivity index (χ0v) is 18.5. The van der Waals surface area contributed by atoms with E-state index >= 15 is 4.39 Å². The highest BCUT2D eigenvalue weighted by atomic mass is 19.1.